The van der Waals surface area contributed by atoms with E-state index in [-0.39, 0.29) is 17.5 Å². The minimum absolute atomic E-state index is 0.0245. The maximum atomic E-state index is 13.7. The van der Waals surface area contributed by atoms with Crippen molar-refractivity contribution in [2.24, 2.45) is 0 Å². The summed E-state index contributed by atoms with van der Waals surface area (Å²) in [4.78, 5) is 0. The fraction of sp³-hybridized carbons (Fsp3) is 0.647. The van der Waals surface area contributed by atoms with Gasteiger partial charge in [-0.15, -0.1) is 0 Å². The lowest BCUT2D eigenvalue weighted by atomic mass is 9.98. The number of halogens is 1. The van der Waals surface area contributed by atoms with Gasteiger partial charge in [-0.25, -0.2) is 4.39 Å². The summed E-state index contributed by atoms with van der Waals surface area (Å²) in [5, 5.41) is 3.37. The molecule has 1 aliphatic rings. The topological polar surface area (TPSA) is 21.3 Å². The molecule has 1 aliphatic carbocycles. The highest BCUT2D eigenvalue weighted by Gasteiger charge is 2.16. The average molecular weight is 279 g/mol. The summed E-state index contributed by atoms with van der Waals surface area (Å²) in [7, 11) is 0. The van der Waals surface area contributed by atoms with Crippen LogP contribution in [0.3, 0.4) is 0 Å². The minimum atomic E-state index is -0.219. The van der Waals surface area contributed by atoms with Gasteiger partial charge in [-0.1, -0.05) is 6.42 Å². The van der Waals surface area contributed by atoms with Crippen LogP contribution in [0.5, 0.6) is 5.75 Å². The zero-order valence-electron chi connectivity index (χ0n) is 12.8. The molecule has 0 bridgehead atoms. The van der Waals surface area contributed by atoms with E-state index in [2.05, 4.69) is 26.1 Å². The third-order valence-electron chi connectivity index (χ3n) is 3.61. The summed E-state index contributed by atoms with van der Waals surface area (Å²) in [6.07, 6.45) is 6.17. The van der Waals surface area contributed by atoms with E-state index in [0.717, 1.165) is 18.4 Å². The third kappa shape index (κ3) is 5.12. The Morgan fingerprint density at radius 2 is 1.85 bits per heavy atom. The molecule has 3 heteroatoms. The Morgan fingerprint density at radius 3 is 2.50 bits per heavy atom. The molecule has 0 amide bonds. The van der Waals surface area contributed by atoms with Gasteiger partial charge in [-0.3, -0.25) is 0 Å². The SMILES string of the molecule is CC(C)(C)NCc1cc(F)cc(OC2CCCCC2)c1. The van der Waals surface area contributed by atoms with Crippen LogP contribution in [0.2, 0.25) is 0 Å². The predicted molar refractivity (Wildman–Crippen MR) is 80.5 cm³/mol. The van der Waals surface area contributed by atoms with Crippen LogP contribution in [0.15, 0.2) is 18.2 Å². The number of hydrogen-bond donors (Lipinski definition) is 1. The first-order valence-electron chi connectivity index (χ1n) is 7.63. The highest BCUT2D eigenvalue weighted by atomic mass is 19.1. The van der Waals surface area contributed by atoms with Gasteiger partial charge in [0.25, 0.3) is 0 Å². The molecule has 1 N–H and O–H groups in total. The van der Waals surface area contributed by atoms with E-state index in [0.29, 0.717) is 12.3 Å². The molecule has 0 heterocycles. The van der Waals surface area contributed by atoms with Gasteiger partial charge >= 0.3 is 0 Å². The van der Waals surface area contributed by atoms with Gasteiger partial charge in [0.2, 0.25) is 0 Å². The Balaban J connectivity index is 2.00. The summed E-state index contributed by atoms with van der Waals surface area (Å²) < 4.78 is 19.6. The lowest BCUT2D eigenvalue weighted by molar-refractivity contribution is 0.154. The molecule has 20 heavy (non-hydrogen) atoms. The van der Waals surface area contributed by atoms with Crippen molar-refractivity contribution in [2.75, 3.05) is 0 Å². The molecule has 0 aromatic heterocycles. The van der Waals surface area contributed by atoms with E-state index >= 15 is 0 Å². The van der Waals surface area contributed by atoms with Crippen molar-refractivity contribution < 1.29 is 9.13 Å². The van der Waals surface area contributed by atoms with Crippen LogP contribution >= 0.6 is 0 Å². The van der Waals surface area contributed by atoms with Crippen molar-refractivity contribution in [1.29, 1.82) is 0 Å². The number of nitrogens with one attached hydrogen (secondary N) is 1. The van der Waals surface area contributed by atoms with Crippen LogP contribution < -0.4 is 10.1 Å². The molecule has 0 saturated heterocycles. The monoisotopic (exact) mass is 279 g/mol. The highest BCUT2D eigenvalue weighted by molar-refractivity contribution is 5.30. The number of benzene rings is 1. The quantitative estimate of drug-likeness (QED) is 0.880. The van der Waals surface area contributed by atoms with Gasteiger partial charge in [0.05, 0.1) is 6.10 Å². The molecule has 1 fully saturated rings. The molecule has 0 unspecified atom stereocenters. The normalized spacial score (nSPS) is 17.2. The Kier molecular flexibility index (Phi) is 5.03. The summed E-state index contributed by atoms with van der Waals surface area (Å²) >= 11 is 0. The smallest absolute Gasteiger partial charge is 0.127 e. The standard InChI is InChI=1S/C17H26FNO/c1-17(2,3)19-12-13-9-14(18)11-16(10-13)20-15-7-5-4-6-8-15/h9-11,15,19H,4-8,12H2,1-3H3. The molecular weight excluding hydrogens is 253 g/mol. The van der Waals surface area contributed by atoms with E-state index < -0.39 is 0 Å². The lowest BCUT2D eigenvalue weighted by Gasteiger charge is -2.24. The number of hydrogen-bond acceptors (Lipinski definition) is 2. The summed E-state index contributed by atoms with van der Waals surface area (Å²) in [6.45, 7) is 6.96. The van der Waals surface area contributed by atoms with Gasteiger partial charge in [0.1, 0.15) is 11.6 Å². The van der Waals surface area contributed by atoms with Crippen LogP contribution in [0, 0.1) is 5.82 Å². The van der Waals surface area contributed by atoms with E-state index in [4.69, 9.17) is 4.74 Å². The van der Waals surface area contributed by atoms with Crippen LogP contribution in [-0.2, 0) is 6.54 Å². The summed E-state index contributed by atoms with van der Waals surface area (Å²) in [6, 6.07) is 5.03. The summed E-state index contributed by atoms with van der Waals surface area (Å²) in [5.74, 6) is 0.451. The van der Waals surface area contributed by atoms with Crippen LogP contribution in [0.4, 0.5) is 4.39 Å². The van der Waals surface area contributed by atoms with Crippen LogP contribution in [-0.4, -0.2) is 11.6 Å². The Morgan fingerprint density at radius 1 is 1.15 bits per heavy atom. The van der Waals surface area contributed by atoms with Crippen molar-refractivity contribution in [3.8, 4) is 5.75 Å². The fourth-order valence-corrected chi connectivity index (χ4v) is 2.53. The largest absolute Gasteiger partial charge is 0.490 e. The number of rotatable bonds is 4. The molecule has 2 nitrogen and oxygen atoms in total. The molecule has 0 aliphatic heterocycles. The Labute approximate surface area is 121 Å². The van der Waals surface area contributed by atoms with Crippen molar-refractivity contribution in [3.05, 3.63) is 29.6 Å². The molecule has 0 spiro atoms. The van der Waals surface area contributed by atoms with Crippen molar-refractivity contribution >= 4 is 0 Å². The van der Waals surface area contributed by atoms with Gasteiger partial charge < -0.3 is 10.1 Å². The maximum Gasteiger partial charge on any atom is 0.127 e. The van der Waals surface area contributed by atoms with Crippen molar-refractivity contribution in [3.63, 3.8) is 0 Å². The Bertz CT molecular complexity index is 433. The van der Waals surface area contributed by atoms with Gasteiger partial charge in [-0.2, -0.15) is 0 Å². The van der Waals surface area contributed by atoms with Gasteiger partial charge in [0, 0.05) is 18.2 Å². The third-order valence-corrected chi connectivity index (χ3v) is 3.61. The molecule has 1 aromatic carbocycles. The minimum Gasteiger partial charge on any atom is -0.490 e. The molecule has 112 valence electrons. The average Bonchev–Trinajstić information content (AvgIpc) is 2.36. The van der Waals surface area contributed by atoms with Gasteiger partial charge in [-0.05, 0) is 64.2 Å². The maximum absolute atomic E-state index is 13.7. The van der Waals surface area contributed by atoms with E-state index in [1.165, 1.54) is 25.3 Å². The second-order valence-corrected chi connectivity index (χ2v) is 6.78. The molecular formula is C17H26FNO. The highest BCUT2D eigenvalue weighted by Crippen LogP contribution is 2.25. The molecule has 0 radical (unpaired) electrons. The molecule has 1 aromatic rings. The molecule has 1 saturated carbocycles. The first-order valence-corrected chi connectivity index (χ1v) is 7.63. The first-order chi connectivity index (χ1) is 9.42. The number of ether oxygens (including phenoxy) is 1. The van der Waals surface area contributed by atoms with Crippen molar-refractivity contribution in [1.82, 2.24) is 5.32 Å². The fourth-order valence-electron chi connectivity index (χ4n) is 2.53. The second-order valence-electron chi connectivity index (χ2n) is 6.78. The Hall–Kier alpha value is -1.09. The second kappa shape index (κ2) is 6.57. The molecule has 0 atom stereocenters. The first kappa shape index (κ1) is 15.3. The molecule has 2 rings (SSSR count). The van der Waals surface area contributed by atoms with E-state index in [1.54, 1.807) is 6.07 Å². The zero-order valence-corrected chi connectivity index (χ0v) is 12.8. The zero-order chi connectivity index (χ0) is 14.6. The lowest BCUT2D eigenvalue weighted by Crippen LogP contribution is -2.35. The predicted octanol–water partition coefficient (Wildman–Crippen LogP) is 4.43. The van der Waals surface area contributed by atoms with E-state index in [9.17, 15) is 4.39 Å². The summed E-state index contributed by atoms with van der Waals surface area (Å²) in [5.41, 5.74) is 0.960. The van der Waals surface area contributed by atoms with E-state index in [1.807, 2.05) is 6.07 Å². The van der Waals surface area contributed by atoms with Crippen molar-refractivity contribution in [2.45, 2.75) is 71.1 Å². The van der Waals surface area contributed by atoms with Gasteiger partial charge in [0.15, 0.2) is 0 Å². The van der Waals surface area contributed by atoms with Crippen LogP contribution in [0.1, 0.15) is 58.4 Å². The van der Waals surface area contributed by atoms with Crippen LogP contribution in [0.25, 0.3) is 0 Å².